The van der Waals surface area contributed by atoms with E-state index in [4.69, 9.17) is 4.74 Å². The van der Waals surface area contributed by atoms with E-state index in [1.807, 2.05) is 30.3 Å². The standard InChI is InChI=1S/C21H16FNO4/c22-19-9-5-4-8-18(19)15-10-16(20(24)25)12-17(11-15)23-21(26)27-13-14-6-2-1-3-7-14/h1-12H,13H2,(H,23,26)(H,24,25). The zero-order valence-corrected chi connectivity index (χ0v) is 14.2. The molecule has 2 N–H and O–H groups in total. The molecular weight excluding hydrogens is 349 g/mol. The maximum atomic E-state index is 14.1. The molecule has 0 aromatic heterocycles. The zero-order chi connectivity index (χ0) is 19.2. The number of carbonyl (C=O) groups excluding carboxylic acids is 1. The number of hydrogen-bond acceptors (Lipinski definition) is 3. The Bertz CT molecular complexity index is 973. The molecule has 0 aliphatic carbocycles. The van der Waals surface area contributed by atoms with E-state index in [9.17, 15) is 19.1 Å². The second-order valence-electron chi connectivity index (χ2n) is 5.77. The van der Waals surface area contributed by atoms with Gasteiger partial charge in [-0.2, -0.15) is 0 Å². The smallest absolute Gasteiger partial charge is 0.411 e. The van der Waals surface area contributed by atoms with Crippen molar-refractivity contribution in [2.75, 3.05) is 5.32 Å². The number of hydrogen-bond donors (Lipinski definition) is 2. The van der Waals surface area contributed by atoms with Gasteiger partial charge in [-0.3, -0.25) is 5.32 Å². The molecule has 136 valence electrons. The number of carboxylic acids is 1. The molecule has 0 bridgehead atoms. The van der Waals surface area contributed by atoms with Gasteiger partial charge in [-0.15, -0.1) is 0 Å². The van der Waals surface area contributed by atoms with Crippen LogP contribution in [0, 0.1) is 5.82 Å². The molecule has 1 amide bonds. The van der Waals surface area contributed by atoms with Gasteiger partial charge in [0, 0.05) is 11.3 Å². The molecule has 3 rings (SSSR count). The summed E-state index contributed by atoms with van der Waals surface area (Å²) in [6.07, 6.45) is -0.735. The monoisotopic (exact) mass is 365 g/mol. The van der Waals surface area contributed by atoms with E-state index in [1.54, 1.807) is 12.1 Å². The summed E-state index contributed by atoms with van der Waals surface area (Å²) in [7, 11) is 0. The molecular formula is C21H16FNO4. The third kappa shape index (κ3) is 4.70. The molecule has 6 heteroatoms. The minimum absolute atomic E-state index is 0.0749. The molecule has 0 atom stereocenters. The number of nitrogens with one attached hydrogen (secondary N) is 1. The van der Waals surface area contributed by atoms with Crippen LogP contribution in [0.25, 0.3) is 11.1 Å². The third-order valence-corrected chi connectivity index (χ3v) is 3.82. The lowest BCUT2D eigenvalue weighted by molar-refractivity contribution is 0.0697. The third-order valence-electron chi connectivity index (χ3n) is 3.82. The predicted octanol–water partition coefficient (Wildman–Crippen LogP) is 4.94. The largest absolute Gasteiger partial charge is 0.478 e. The van der Waals surface area contributed by atoms with Gasteiger partial charge >= 0.3 is 12.1 Å². The van der Waals surface area contributed by atoms with Gasteiger partial charge in [-0.1, -0.05) is 48.5 Å². The topological polar surface area (TPSA) is 75.6 Å². The molecule has 27 heavy (non-hydrogen) atoms. The average Bonchev–Trinajstić information content (AvgIpc) is 2.67. The fraction of sp³-hybridized carbons (Fsp3) is 0.0476. The molecule has 3 aromatic rings. The number of halogens is 1. The molecule has 3 aromatic carbocycles. The van der Waals surface area contributed by atoms with Crippen LogP contribution in [0.5, 0.6) is 0 Å². The Kier molecular flexibility index (Phi) is 5.47. The van der Waals surface area contributed by atoms with Crippen molar-refractivity contribution in [2.24, 2.45) is 0 Å². The summed E-state index contributed by atoms with van der Waals surface area (Å²) >= 11 is 0. The predicted molar refractivity (Wildman–Crippen MR) is 99.0 cm³/mol. The summed E-state index contributed by atoms with van der Waals surface area (Å²) < 4.78 is 19.2. The van der Waals surface area contributed by atoms with Crippen molar-refractivity contribution in [1.29, 1.82) is 0 Å². The van der Waals surface area contributed by atoms with Gasteiger partial charge < -0.3 is 9.84 Å². The van der Waals surface area contributed by atoms with E-state index in [2.05, 4.69) is 5.32 Å². The number of anilines is 1. The molecule has 5 nitrogen and oxygen atoms in total. The lowest BCUT2D eigenvalue weighted by atomic mass is 10.0. The van der Waals surface area contributed by atoms with E-state index < -0.39 is 17.9 Å². The summed E-state index contributed by atoms with van der Waals surface area (Å²) in [5.74, 6) is -1.67. The van der Waals surface area contributed by atoms with Gasteiger partial charge in [0.2, 0.25) is 0 Å². The quantitative estimate of drug-likeness (QED) is 0.671. The summed E-state index contributed by atoms with van der Waals surface area (Å²) in [4.78, 5) is 23.4. The van der Waals surface area contributed by atoms with Crippen LogP contribution in [-0.2, 0) is 11.3 Å². The van der Waals surface area contributed by atoms with Crippen molar-refractivity contribution in [3.05, 3.63) is 89.7 Å². The van der Waals surface area contributed by atoms with E-state index in [-0.39, 0.29) is 23.4 Å². The Balaban J connectivity index is 1.81. The number of rotatable bonds is 5. The first-order valence-electron chi connectivity index (χ1n) is 8.14. The molecule has 0 radical (unpaired) electrons. The minimum atomic E-state index is -1.19. The van der Waals surface area contributed by atoms with Crippen molar-refractivity contribution in [3.63, 3.8) is 0 Å². The van der Waals surface area contributed by atoms with Crippen LogP contribution in [0.4, 0.5) is 14.9 Å². The van der Waals surface area contributed by atoms with Gasteiger partial charge in [0.15, 0.2) is 0 Å². The van der Waals surface area contributed by atoms with E-state index in [1.165, 1.54) is 30.3 Å². The van der Waals surface area contributed by atoms with Crippen molar-refractivity contribution in [2.45, 2.75) is 6.61 Å². The first-order valence-corrected chi connectivity index (χ1v) is 8.14. The Labute approximate surface area is 155 Å². The Morgan fingerprint density at radius 1 is 0.963 bits per heavy atom. The maximum Gasteiger partial charge on any atom is 0.411 e. The number of ether oxygens (including phenoxy) is 1. The second kappa shape index (κ2) is 8.14. The van der Waals surface area contributed by atoms with E-state index >= 15 is 0 Å². The number of amides is 1. The number of benzene rings is 3. The minimum Gasteiger partial charge on any atom is -0.478 e. The van der Waals surface area contributed by atoms with Crippen molar-refractivity contribution >= 4 is 17.7 Å². The van der Waals surface area contributed by atoms with Crippen LogP contribution in [-0.4, -0.2) is 17.2 Å². The molecule has 0 heterocycles. The lowest BCUT2D eigenvalue weighted by Gasteiger charge is -2.11. The summed E-state index contributed by atoms with van der Waals surface area (Å²) in [5.41, 5.74) is 1.52. The maximum absolute atomic E-state index is 14.1. The fourth-order valence-electron chi connectivity index (χ4n) is 2.55. The highest BCUT2D eigenvalue weighted by Crippen LogP contribution is 2.27. The average molecular weight is 365 g/mol. The normalized spacial score (nSPS) is 10.3. The molecule has 0 aliphatic heterocycles. The van der Waals surface area contributed by atoms with Gasteiger partial charge in [-0.25, -0.2) is 14.0 Å². The Morgan fingerprint density at radius 2 is 1.67 bits per heavy atom. The van der Waals surface area contributed by atoms with Crippen LogP contribution < -0.4 is 5.32 Å². The van der Waals surface area contributed by atoms with Crippen LogP contribution in [0.15, 0.2) is 72.8 Å². The number of carboxylic acid groups (broad SMARTS) is 1. The highest BCUT2D eigenvalue weighted by molar-refractivity contribution is 5.94. The SMILES string of the molecule is O=C(Nc1cc(C(=O)O)cc(-c2ccccc2F)c1)OCc1ccccc1. The van der Waals surface area contributed by atoms with Gasteiger partial charge in [-0.05, 0) is 35.4 Å². The van der Waals surface area contributed by atoms with E-state index in [0.717, 1.165) is 5.56 Å². The zero-order valence-electron chi connectivity index (χ0n) is 14.2. The highest BCUT2D eigenvalue weighted by Gasteiger charge is 2.13. The van der Waals surface area contributed by atoms with E-state index in [0.29, 0.717) is 5.56 Å². The Hall–Kier alpha value is -3.67. The number of carbonyl (C=O) groups is 2. The van der Waals surface area contributed by atoms with Gasteiger partial charge in [0.1, 0.15) is 12.4 Å². The molecule has 0 aliphatic rings. The molecule has 0 saturated carbocycles. The van der Waals surface area contributed by atoms with Crippen molar-refractivity contribution in [1.82, 2.24) is 0 Å². The summed E-state index contributed by atoms with van der Waals surface area (Å²) in [6, 6.07) is 19.3. The summed E-state index contributed by atoms with van der Waals surface area (Å²) in [6.45, 7) is 0.0749. The Morgan fingerprint density at radius 3 is 2.37 bits per heavy atom. The highest BCUT2D eigenvalue weighted by atomic mass is 19.1. The first kappa shape index (κ1) is 18.1. The van der Waals surface area contributed by atoms with Crippen LogP contribution in [0.1, 0.15) is 15.9 Å². The first-order chi connectivity index (χ1) is 13.0. The molecule has 0 unspecified atom stereocenters. The van der Waals surface area contributed by atoms with Gasteiger partial charge in [0.05, 0.1) is 5.56 Å². The molecule has 0 spiro atoms. The lowest BCUT2D eigenvalue weighted by Crippen LogP contribution is -2.14. The van der Waals surface area contributed by atoms with Crippen molar-refractivity contribution in [3.8, 4) is 11.1 Å². The second-order valence-corrected chi connectivity index (χ2v) is 5.77. The van der Waals surface area contributed by atoms with Crippen LogP contribution >= 0.6 is 0 Å². The van der Waals surface area contributed by atoms with Crippen LogP contribution in [0.2, 0.25) is 0 Å². The fourth-order valence-corrected chi connectivity index (χ4v) is 2.55. The van der Waals surface area contributed by atoms with Gasteiger partial charge in [0.25, 0.3) is 0 Å². The summed E-state index contributed by atoms with van der Waals surface area (Å²) in [5, 5.41) is 11.8. The van der Waals surface area contributed by atoms with Crippen molar-refractivity contribution < 1.29 is 23.8 Å². The van der Waals surface area contributed by atoms with Crippen LogP contribution in [0.3, 0.4) is 0 Å². The molecule has 0 fully saturated rings. The number of aromatic carboxylic acids is 1. The molecule has 0 saturated heterocycles.